The molecule has 0 aliphatic rings. The number of fused-ring (bicyclic) bond motifs is 1. The van der Waals surface area contributed by atoms with Gasteiger partial charge in [0.25, 0.3) is 0 Å². The zero-order valence-corrected chi connectivity index (χ0v) is 12.9. The summed E-state index contributed by atoms with van der Waals surface area (Å²) in [6.07, 6.45) is 2.81. The van der Waals surface area contributed by atoms with Gasteiger partial charge in [-0.3, -0.25) is 4.57 Å². The Morgan fingerprint density at radius 1 is 1.04 bits per heavy atom. The van der Waals surface area contributed by atoms with Crippen molar-refractivity contribution in [1.82, 2.24) is 4.57 Å². The van der Waals surface area contributed by atoms with Gasteiger partial charge in [0, 0.05) is 11.5 Å². The van der Waals surface area contributed by atoms with Crippen LogP contribution in [0.25, 0.3) is 17.0 Å². The molecule has 1 amide bonds. The Morgan fingerprint density at radius 3 is 2.50 bits per heavy atom. The number of carbonyl (C=O) groups is 2. The molecule has 0 aliphatic heterocycles. The molecule has 5 nitrogen and oxygen atoms in total. The first-order valence-corrected chi connectivity index (χ1v) is 7.44. The number of esters is 1. The summed E-state index contributed by atoms with van der Waals surface area (Å²) in [4.78, 5) is 23.5. The van der Waals surface area contributed by atoms with E-state index >= 15 is 0 Å². The molecule has 2 N–H and O–H groups in total. The van der Waals surface area contributed by atoms with Crippen LogP contribution in [0.3, 0.4) is 0 Å². The molecule has 1 aromatic heterocycles. The molecule has 0 fully saturated rings. The van der Waals surface area contributed by atoms with Crippen LogP contribution >= 0.6 is 0 Å². The lowest BCUT2D eigenvalue weighted by atomic mass is 10.2. The Balaban J connectivity index is 1.76. The summed E-state index contributed by atoms with van der Waals surface area (Å²) in [5.74, 6) is -0.486. The van der Waals surface area contributed by atoms with Crippen molar-refractivity contribution >= 4 is 29.0 Å². The largest absolute Gasteiger partial charge is 0.458 e. The predicted octanol–water partition coefficient (Wildman–Crippen LogP) is 3.32. The molecular weight excluding hydrogens is 304 g/mol. The van der Waals surface area contributed by atoms with Crippen LogP contribution in [0.1, 0.15) is 11.3 Å². The van der Waals surface area contributed by atoms with Gasteiger partial charge >= 0.3 is 12.0 Å². The van der Waals surface area contributed by atoms with Crippen LogP contribution in [-0.4, -0.2) is 16.6 Å². The molecule has 5 heteroatoms. The van der Waals surface area contributed by atoms with Crippen LogP contribution in [0, 0.1) is 0 Å². The van der Waals surface area contributed by atoms with Crippen LogP contribution in [0.2, 0.25) is 0 Å². The fourth-order valence-corrected chi connectivity index (χ4v) is 2.48. The summed E-state index contributed by atoms with van der Waals surface area (Å²) in [6, 6.07) is 18.0. The first-order valence-electron chi connectivity index (χ1n) is 7.44. The third-order valence-electron chi connectivity index (χ3n) is 3.57. The van der Waals surface area contributed by atoms with Crippen molar-refractivity contribution in [3.63, 3.8) is 0 Å². The van der Waals surface area contributed by atoms with Gasteiger partial charge in [-0.25, -0.2) is 9.59 Å². The minimum Gasteiger partial charge on any atom is -0.458 e. The van der Waals surface area contributed by atoms with E-state index < -0.39 is 12.0 Å². The molecule has 0 saturated carbocycles. The van der Waals surface area contributed by atoms with Crippen LogP contribution in [0.5, 0.6) is 0 Å². The second kappa shape index (κ2) is 6.83. The van der Waals surface area contributed by atoms with Crippen LogP contribution in [0.15, 0.2) is 66.7 Å². The molecule has 120 valence electrons. The molecule has 0 atom stereocenters. The molecule has 0 radical (unpaired) electrons. The smallest absolute Gasteiger partial charge is 0.331 e. The van der Waals surface area contributed by atoms with Gasteiger partial charge in [-0.1, -0.05) is 48.5 Å². The zero-order chi connectivity index (χ0) is 16.9. The highest BCUT2D eigenvalue weighted by atomic mass is 16.5. The predicted molar refractivity (Wildman–Crippen MR) is 92.2 cm³/mol. The lowest BCUT2D eigenvalue weighted by Crippen LogP contribution is -2.20. The van der Waals surface area contributed by atoms with Crippen molar-refractivity contribution < 1.29 is 14.3 Å². The third-order valence-corrected chi connectivity index (χ3v) is 3.57. The Morgan fingerprint density at radius 2 is 1.75 bits per heavy atom. The molecule has 0 aliphatic carbocycles. The second-order valence-electron chi connectivity index (χ2n) is 5.23. The fourth-order valence-electron chi connectivity index (χ4n) is 2.48. The van der Waals surface area contributed by atoms with Gasteiger partial charge < -0.3 is 10.5 Å². The Labute approximate surface area is 139 Å². The van der Waals surface area contributed by atoms with E-state index in [-0.39, 0.29) is 6.61 Å². The number of hydrogen-bond donors (Lipinski definition) is 1. The SMILES string of the molecule is NC(=O)n1c(/C=C/C(=O)OCc2ccccc2)cc2ccccc21. The van der Waals surface area contributed by atoms with Gasteiger partial charge in [0.1, 0.15) is 6.61 Å². The molecule has 0 unspecified atom stereocenters. The maximum Gasteiger partial charge on any atom is 0.331 e. The van der Waals surface area contributed by atoms with Crippen molar-refractivity contribution in [3.05, 3.63) is 78.0 Å². The van der Waals surface area contributed by atoms with Crippen molar-refractivity contribution in [2.75, 3.05) is 0 Å². The van der Waals surface area contributed by atoms with Gasteiger partial charge in [0.15, 0.2) is 0 Å². The van der Waals surface area contributed by atoms with Gasteiger partial charge in [-0.15, -0.1) is 0 Å². The standard InChI is InChI=1S/C19H16N2O3/c20-19(23)21-16(12-15-8-4-5-9-17(15)21)10-11-18(22)24-13-14-6-2-1-3-7-14/h1-12H,13H2,(H2,20,23)/b11-10+. The summed E-state index contributed by atoms with van der Waals surface area (Å²) in [7, 11) is 0. The number of nitrogens with two attached hydrogens (primary N) is 1. The molecule has 1 heterocycles. The highest BCUT2D eigenvalue weighted by Crippen LogP contribution is 2.20. The van der Waals surface area contributed by atoms with E-state index in [0.717, 1.165) is 10.9 Å². The molecular formula is C19H16N2O3. The number of nitrogens with zero attached hydrogens (tertiary/aromatic N) is 1. The van der Waals surface area contributed by atoms with Crippen molar-refractivity contribution in [2.45, 2.75) is 6.61 Å². The Kier molecular flexibility index (Phi) is 4.43. The summed E-state index contributed by atoms with van der Waals surface area (Å²) < 4.78 is 6.53. The van der Waals surface area contributed by atoms with Crippen LogP contribution in [-0.2, 0) is 16.1 Å². The van der Waals surface area contributed by atoms with Gasteiger partial charge in [0.2, 0.25) is 0 Å². The summed E-state index contributed by atoms with van der Waals surface area (Å²) >= 11 is 0. The number of amides is 1. The minimum atomic E-state index is -0.603. The first kappa shape index (κ1) is 15.6. The van der Waals surface area contributed by atoms with E-state index in [9.17, 15) is 9.59 Å². The number of rotatable bonds is 4. The highest BCUT2D eigenvalue weighted by molar-refractivity contribution is 5.96. The van der Waals surface area contributed by atoms with Crippen LogP contribution in [0.4, 0.5) is 4.79 Å². The number of benzene rings is 2. The van der Waals surface area contributed by atoms with Gasteiger partial charge in [-0.05, 0) is 23.8 Å². The van der Waals surface area contributed by atoms with E-state index in [0.29, 0.717) is 11.2 Å². The summed E-state index contributed by atoms with van der Waals surface area (Å²) in [5.41, 5.74) is 7.57. The fraction of sp³-hybridized carbons (Fsp3) is 0.0526. The third kappa shape index (κ3) is 3.35. The summed E-state index contributed by atoms with van der Waals surface area (Å²) in [6.45, 7) is 0.197. The van der Waals surface area contributed by atoms with E-state index in [1.54, 1.807) is 12.1 Å². The number of hydrogen-bond acceptors (Lipinski definition) is 3. The van der Waals surface area contributed by atoms with E-state index in [1.165, 1.54) is 16.7 Å². The number of primary amides is 1. The topological polar surface area (TPSA) is 74.3 Å². The van der Waals surface area contributed by atoms with Crippen molar-refractivity contribution in [2.24, 2.45) is 5.73 Å². The van der Waals surface area contributed by atoms with E-state index in [4.69, 9.17) is 10.5 Å². The quantitative estimate of drug-likeness (QED) is 0.592. The molecule has 0 spiro atoms. The van der Waals surface area contributed by atoms with Crippen molar-refractivity contribution in [1.29, 1.82) is 0 Å². The Hall–Kier alpha value is -3.34. The molecule has 24 heavy (non-hydrogen) atoms. The zero-order valence-electron chi connectivity index (χ0n) is 12.9. The van der Waals surface area contributed by atoms with E-state index in [1.807, 2.05) is 48.5 Å². The second-order valence-corrected chi connectivity index (χ2v) is 5.23. The highest BCUT2D eigenvalue weighted by Gasteiger charge is 2.10. The monoisotopic (exact) mass is 320 g/mol. The lowest BCUT2D eigenvalue weighted by Gasteiger charge is -2.03. The maximum atomic E-state index is 11.9. The molecule has 3 aromatic rings. The minimum absolute atomic E-state index is 0.197. The van der Waals surface area contributed by atoms with Crippen LogP contribution < -0.4 is 5.73 Å². The number of carbonyl (C=O) groups excluding carboxylic acids is 2. The summed E-state index contributed by atoms with van der Waals surface area (Å²) in [5, 5.41) is 0.869. The average molecular weight is 320 g/mol. The molecule has 0 saturated heterocycles. The van der Waals surface area contributed by atoms with Gasteiger partial charge in [0.05, 0.1) is 11.2 Å². The first-order chi connectivity index (χ1) is 11.6. The average Bonchev–Trinajstić information content (AvgIpc) is 2.97. The lowest BCUT2D eigenvalue weighted by molar-refractivity contribution is -0.138. The van der Waals surface area contributed by atoms with E-state index in [2.05, 4.69) is 0 Å². The normalized spacial score (nSPS) is 11.0. The number of ether oxygens (including phenoxy) is 1. The molecule has 2 aromatic carbocycles. The number of para-hydroxylation sites is 1. The van der Waals surface area contributed by atoms with Crippen molar-refractivity contribution in [3.8, 4) is 0 Å². The number of aromatic nitrogens is 1. The Bertz CT molecular complexity index is 911. The molecule has 3 rings (SSSR count). The molecule has 0 bridgehead atoms. The maximum absolute atomic E-state index is 11.9. The van der Waals surface area contributed by atoms with Gasteiger partial charge in [-0.2, -0.15) is 0 Å².